The monoisotopic (exact) mass is 371 g/mol. The van der Waals surface area contributed by atoms with Crippen molar-refractivity contribution in [1.82, 2.24) is 4.98 Å². The molecule has 0 fully saturated rings. The molecule has 2 aromatic rings. The van der Waals surface area contributed by atoms with E-state index in [2.05, 4.69) is 10.1 Å². The number of halogens is 4. The number of pyridine rings is 1. The first-order valence-corrected chi connectivity index (χ1v) is 7.77. The molecule has 5 nitrogen and oxygen atoms in total. The highest BCUT2D eigenvalue weighted by atomic mass is 19.2. The van der Waals surface area contributed by atoms with Gasteiger partial charge in [0.25, 0.3) is 11.9 Å². The van der Waals surface area contributed by atoms with Gasteiger partial charge in [0.15, 0.2) is 11.5 Å². The molecule has 0 spiro atoms. The number of benzene rings is 1. The van der Waals surface area contributed by atoms with Crippen LogP contribution in [0.4, 0.5) is 23.2 Å². The van der Waals surface area contributed by atoms with Crippen molar-refractivity contribution in [2.45, 2.75) is 19.8 Å². The van der Waals surface area contributed by atoms with E-state index >= 15 is 0 Å². The van der Waals surface area contributed by atoms with Gasteiger partial charge in [-0.2, -0.15) is 27.6 Å². The topological polar surface area (TPSA) is 55.7 Å². The van der Waals surface area contributed by atoms with Crippen molar-refractivity contribution in [3.05, 3.63) is 47.3 Å². The Morgan fingerprint density at radius 2 is 1.81 bits per heavy atom. The predicted molar refractivity (Wildman–Crippen MR) is 88.7 cm³/mol. The molecule has 1 aromatic heterocycles. The number of aromatic nitrogens is 1. The summed E-state index contributed by atoms with van der Waals surface area (Å²) >= 11 is 0. The first kappa shape index (κ1) is 19.5. The average Bonchev–Trinajstić information content (AvgIpc) is 2.63. The van der Waals surface area contributed by atoms with Gasteiger partial charge in [-0.3, -0.25) is 5.43 Å². The van der Waals surface area contributed by atoms with Crippen LogP contribution in [0.25, 0.3) is 0 Å². The van der Waals surface area contributed by atoms with Crippen LogP contribution in [0, 0.1) is 23.5 Å². The molecule has 1 N–H and O–H groups in total. The molecule has 0 unspecified atom stereocenters. The van der Waals surface area contributed by atoms with Crippen LogP contribution in [-0.2, 0) is 0 Å². The van der Waals surface area contributed by atoms with Gasteiger partial charge in [-0.1, -0.05) is 13.3 Å². The summed E-state index contributed by atoms with van der Waals surface area (Å²) < 4.78 is 63.8. The van der Waals surface area contributed by atoms with Crippen molar-refractivity contribution in [2.75, 3.05) is 19.1 Å². The van der Waals surface area contributed by atoms with Crippen LogP contribution >= 0.6 is 0 Å². The molecule has 1 heterocycles. The highest BCUT2D eigenvalue weighted by molar-refractivity contribution is 5.81. The first-order chi connectivity index (χ1) is 12.5. The number of rotatable bonds is 8. The zero-order chi connectivity index (χ0) is 19.1. The van der Waals surface area contributed by atoms with Crippen LogP contribution in [0.1, 0.15) is 25.3 Å². The van der Waals surface area contributed by atoms with Gasteiger partial charge in [-0.05, 0) is 30.2 Å². The molecule has 0 amide bonds. The highest BCUT2D eigenvalue weighted by Crippen LogP contribution is 2.28. The number of nitrogens with one attached hydrogen (secondary N) is 1. The van der Waals surface area contributed by atoms with E-state index in [-0.39, 0.29) is 0 Å². The summed E-state index contributed by atoms with van der Waals surface area (Å²) in [6, 6.07) is 4.87. The normalized spacial score (nSPS) is 11.0. The Kier molecular flexibility index (Phi) is 6.76. The van der Waals surface area contributed by atoms with Gasteiger partial charge in [0.1, 0.15) is 5.69 Å². The molecule has 0 radical (unpaired) electrons. The van der Waals surface area contributed by atoms with Gasteiger partial charge >= 0.3 is 0 Å². The lowest BCUT2D eigenvalue weighted by molar-refractivity contribution is 0.288. The number of methoxy groups -OCH3 is 1. The quantitative estimate of drug-likeness (QED) is 0.248. The molecule has 2 rings (SSSR count). The lowest BCUT2D eigenvalue weighted by atomic mass is 10.2. The summed E-state index contributed by atoms with van der Waals surface area (Å²) in [7, 11) is 1.50. The van der Waals surface area contributed by atoms with Crippen molar-refractivity contribution >= 4 is 11.9 Å². The first-order valence-electron chi connectivity index (χ1n) is 7.77. The largest absolute Gasteiger partial charge is 0.493 e. The Morgan fingerprint density at radius 1 is 1.12 bits per heavy atom. The van der Waals surface area contributed by atoms with Crippen molar-refractivity contribution in [2.24, 2.45) is 5.10 Å². The van der Waals surface area contributed by atoms with Gasteiger partial charge in [0.05, 0.1) is 19.9 Å². The number of ether oxygens (including phenoxy) is 2. The number of hydrazone groups is 1. The molecule has 0 saturated heterocycles. The smallest absolute Gasteiger partial charge is 0.254 e. The van der Waals surface area contributed by atoms with Crippen molar-refractivity contribution in [1.29, 1.82) is 0 Å². The fraction of sp³-hybridized carbons (Fsp3) is 0.294. The zero-order valence-electron chi connectivity index (χ0n) is 14.2. The molecule has 0 bridgehead atoms. The molecule has 0 aliphatic rings. The van der Waals surface area contributed by atoms with E-state index in [1.54, 1.807) is 18.2 Å². The fourth-order valence-electron chi connectivity index (χ4n) is 1.97. The summed E-state index contributed by atoms with van der Waals surface area (Å²) in [5.41, 5.74) is 1.38. The maximum Gasteiger partial charge on any atom is 0.254 e. The molecule has 9 heteroatoms. The molecule has 0 aliphatic carbocycles. The Morgan fingerprint density at radius 3 is 2.42 bits per heavy atom. The Bertz CT molecular complexity index is 774. The van der Waals surface area contributed by atoms with Crippen LogP contribution in [0.5, 0.6) is 11.5 Å². The molecular formula is C17H17F4N3O2. The minimum Gasteiger partial charge on any atom is -0.493 e. The van der Waals surface area contributed by atoms with E-state index in [0.717, 1.165) is 12.8 Å². The molecule has 0 atom stereocenters. The van der Waals surface area contributed by atoms with Crippen LogP contribution in [-0.4, -0.2) is 24.9 Å². The number of anilines is 1. The summed E-state index contributed by atoms with van der Waals surface area (Å²) in [5, 5.41) is 3.60. The van der Waals surface area contributed by atoms with Crippen LogP contribution in [0.15, 0.2) is 23.3 Å². The third-order valence-electron chi connectivity index (χ3n) is 3.33. The lowest BCUT2D eigenvalue weighted by Crippen LogP contribution is -2.06. The van der Waals surface area contributed by atoms with Crippen molar-refractivity contribution in [3.8, 4) is 11.5 Å². The summed E-state index contributed by atoms with van der Waals surface area (Å²) in [5.74, 6) is -5.88. The lowest BCUT2D eigenvalue weighted by Gasteiger charge is -2.11. The summed E-state index contributed by atoms with van der Waals surface area (Å²) in [6.45, 7) is 2.52. The summed E-state index contributed by atoms with van der Waals surface area (Å²) in [6.07, 6.45) is 3.03. The molecule has 1 aromatic carbocycles. The number of nitrogens with zero attached hydrogens (tertiary/aromatic N) is 2. The van der Waals surface area contributed by atoms with E-state index in [0.29, 0.717) is 23.7 Å². The predicted octanol–water partition coefficient (Wildman–Crippen LogP) is 4.27. The maximum absolute atomic E-state index is 13.5. The highest BCUT2D eigenvalue weighted by Gasteiger charge is 2.20. The minimum absolute atomic E-state index is 0.475. The number of hydrogen-bond donors (Lipinski definition) is 1. The van der Waals surface area contributed by atoms with Crippen LogP contribution < -0.4 is 14.9 Å². The van der Waals surface area contributed by atoms with E-state index in [1.165, 1.54) is 13.3 Å². The molecular weight excluding hydrogens is 354 g/mol. The van der Waals surface area contributed by atoms with Gasteiger partial charge in [-0.25, -0.2) is 0 Å². The van der Waals surface area contributed by atoms with Gasteiger partial charge in [0.2, 0.25) is 11.6 Å². The standard InChI is InChI=1S/C17H17F4N3O2/c1-3-4-7-26-12-8-10(5-6-11(12)25-2)9-22-24-15-13(18)16(20)23-17(21)14(15)19/h5-6,8-9H,3-4,7H2,1-2H3,(H,23,24)/b22-9-. The SMILES string of the molecule is CCCCOc1cc(/C=N\Nc2c(F)c(F)nc(F)c2F)ccc1OC. The molecule has 0 aliphatic heterocycles. The van der Waals surface area contributed by atoms with E-state index in [9.17, 15) is 17.6 Å². The molecule has 26 heavy (non-hydrogen) atoms. The third-order valence-corrected chi connectivity index (χ3v) is 3.33. The van der Waals surface area contributed by atoms with Crippen molar-refractivity contribution in [3.63, 3.8) is 0 Å². The Hall–Kier alpha value is -2.84. The van der Waals surface area contributed by atoms with E-state index < -0.39 is 29.2 Å². The second-order valence-corrected chi connectivity index (χ2v) is 5.18. The van der Waals surface area contributed by atoms with Crippen LogP contribution in [0.2, 0.25) is 0 Å². The average molecular weight is 371 g/mol. The Labute approximate surface area is 147 Å². The number of unbranched alkanes of at least 4 members (excludes halogenated alkanes) is 1. The Balaban J connectivity index is 2.17. The second-order valence-electron chi connectivity index (χ2n) is 5.18. The van der Waals surface area contributed by atoms with Gasteiger partial charge in [-0.15, -0.1) is 0 Å². The molecule has 140 valence electrons. The summed E-state index contributed by atoms with van der Waals surface area (Å²) in [4.78, 5) is 2.46. The zero-order valence-corrected chi connectivity index (χ0v) is 14.2. The second kappa shape index (κ2) is 9.02. The van der Waals surface area contributed by atoms with Gasteiger partial charge < -0.3 is 9.47 Å². The maximum atomic E-state index is 13.5. The van der Waals surface area contributed by atoms with Crippen molar-refractivity contribution < 1.29 is 27.0 Å². The van der Waals surface area contributed by atoms with Crippen LogP contribution in [0.3, 0.4) is 0 Å². The van der Waals surface area contributed by atoms with E-state index in [4.69, 9.17) is 9.47 Å². The fourth-order valence-corrected chi connectivity index (χ4v) is 1.97. The molecule has 0 saturated carbocycles. The third kappa shape index (κ3) is 4.62. The number of hydrogen-bond acceptors (Lipinski definition) is 5. The minimum atomic E-state index is -1.77. The van der Waals surface area contributed by atoms with Gasteiger partial charge in [0, 0.05) is 0 Å². The van der Waals surface area contributed by atoms with E-state index in [1.807, 2.05) is 12.3 Å².